The first kappa shape index (κ1) is 26.6. The van der Waals surface area contributed by atoms with E-state index in [4.69, 9.17) is 0 Å². The Morgan fingerprint density at radius 2 is 1.32 bits per heavy atom. The molecule has 0 amide bonds. The minimum atomic E-state index is -1.24. The van der Waals surface area contributed by atoms with Crippen LogP contribution in [0.5, 0.6) is 11.5 Å². The van der Waals surface area contributed by atoms with Crippen molar-refractivity contribution in [1.82, 2.24) is 40.6 Å². The summed E-state index contributed by atoms with van der Waals surface area (Å²) < 4.78 is 12.3. The number of tetrazole rings is 2. The predicted octanol–water partition coefficient (Wildman–Crippen LogP) is 2.37. The summed E-state index contributed by atoms with van der Waals surface area (Å²) in [7, 11) is 0. The number of benzene rings is 3. The number of hydrogen-bond acceptors (Lipinski definition) is 11. The molecule has 202 valence electrons. The summed E-state index contributed by atoms with van der Waals surface area (Å²) in [5, 5.41) is 53.1. The zero-order valence-corrected chi connectivity index (χ0v) is 22.5. The van der Waals surface area contributed by atoms with Gasteiger partial charge in [0.25, 0.3) is 0 Å². The highest BCUT2D eigenvalue weighted by molar-refractivity contribution is 7.90. The van der Waals surface area contributed by atoms with Gasteiger partial charge in [-0.15, -0.1) is 19.8 Å². The second-order valence-electron chi connectivity index (χ2n) is 8.82. The van der Waals surface area contributed by atoms with Crippen LogP contribution in [0.1, 0.15) is 45.4 Å². The lowest BCUT2D eigenvalue weighted by molar-refractivity contribution is 0.458. The first-order chi connectivity index (χ1) is 19.3. The molecule has 1 atom stereocenters. The molecular formula is C26H24N10O3S. The molecule has 2 heterocycles. The van der Waals surface area contributed by atoms with Crippen LogP contribution in [0.15, 0.2) is 75.8 Å². The summed E-state index contributed by atoms with van der Waals surface area (Å²) in [4.78, 5) is 3.18. The molecule has 0 fully saturated rings. The third-order valence-electron chi connectivity index (χ3n) is 6.09. The number of aryl methyl sites for hydroxylation is 2. The third-order valence-corrected chi connectivity index (χ3v) is 7.01. The van der Waals surface area contributed by atoms with Gasteiger partial charge in [0.2, 0.25) is 0 Å². The molecule has 14 heteroatoms. The molecule has 0 spiro atoms. The van der Waals surface area contributed by atoms with E-state index in [1.165, 1.54) is 9.58 Å². The molecule has 13 nitrogen and oxygen atoms in total. The van der Waals surface area contributed by atoms with E-state index in [9.17, 15) is 14.8 Å². The van der Waals surface area contributed by atoms with Crippen LogP contribution < -0.4 is 0 Å². The van der Waals surface area contributed by atoms with Gasteiger partial charge in [0.15, 0.2) is 16.5 Å². The first-order valence-electron chi connectivity index (χ1n) is 12.0. The fraction of sp³-hybridized carbons (Fsp3) is 0.154. The molecule has 1 unspecified atom stereocenters. The van der Waals surface area contributed by atoms with E-state index in [2.05, 4.69) is 41.3 Å². The Bertz CT molecular complexity index is 1610. The van der Waals surface area contributed by atoms with Crippen LogP contribution in [0.25, 0.3) is 0 Å². The SMILES string of the molecule is Cc1nnnn1N=Cc1ccc(O)c(C(c2cccc([S+](C)[O-])c2)c2cc(C=Nn3nnnc3C)ccc2O)c1. The number of nitrogens with zero attached hydrogens (tertiary/aromatic N) is 10. The van der Waals surface area contributed by atoms with Crippen molar-refractivity contribution in [2.45, 2.75) is 24.7 Å². The van der Waals surface area contributed by atoms with Crippen molar-refractivity contribution in [1.29, 1.82) is 0 Å². The van der Waals surface area contributed by atoms with Crippen LogP contribution >= 0.6 is 0 Å². The number of phenolic OH excluding ortho intramolecular Hbond substituents is 2. The van der Waals surface area contributed by atoms with Gasteiger partial charge in [-0.25, -0.2) is 0 Å². The van der Waals surface area contributed by atoms with Crippen LogP contribution in [0.3, 0.4) is 0 Å². The molecule has 0 saturated carbocycles. The smallest absolute Gasteiger partial charge is 0.173 e. The number of aromatic hydroxyl groups is 2. The first-order valence-corrected chi connectivity index (χ1v) is 13.5. The van der Waals surface area contributed by atoms with Crippen molar-refractivity contribution in [3.63, 3.8) is 0 Å². The van der Waals surface area contributed by atoms with Gasteiger partial charge in [-0.2, -0.15) is 10.2 Å². The van der Waals surface area contributed by atoms with Crippen LogP contribution in [0.2, 0.25) is 0 Å². The van der Waals surface area contributed by atoms with E-state index in [1.54, 1.807) is 87.1 Å². The highest BCUT2D eigenvalue weighted by Gasteiger charge is 2.25. The van der Waals surface area contributed by atoms with Crippen molar-refractivity contribution < 1.29 is 14.8 Å². The highest BCUT2D eigenvalue weighted by Crippen LogP contribution is 2.41. The monoisotopic (exact) mass is 556 g/mol. The summed E-state index contributed by atoms with van der Waals surface area (Å²) in [6.45, 7) is 3.44. The normalized spacial score (nSPS) is 13.3. The van der Waals surface area contributed by atoms with Crippen molar-refractivity contribution in [2.75, 3.05) is 6.26 Å². The van der Waals surface area contributed by atoms with Gasteiger partial charge < -0.3 is 14.8 Å². The maximum Gasteiger partial charge on any atom is 0.173 e. The Kier molecular flexibility index (Phi) is 7.61. The summed E-state index contributed by atoms with van der Waals surface area (Å²) in [6.07, 6.45) is 4.73. The third kappa shape index (κ3) is 5.72. The molecule has 0 saturated heterocycles. The summed E-state index contributed by atoms with van der Waals surface area (Å²) in [5.74, 6) is 0.392. The van der Waals surface area contributed by atoms with Gasteiger partial charge in [0, 0.05) is 17.0 Å². The van der Waals surface area contributed by atoms with Gasteiger partial charge in [-0.1, -0.05) is 12.1 Å². The van der Waals surface area contributed by atoms with E-state index >= 15 is 0 Å². The van der Waals surface area contributed by atoms with Gasteiger partial charge >= 0.3 is 0 Å². The molecule has 40 heavy (non-hydrogen) atoms. The molecule has 2 N–H and O–H groups in total. The van der Waals surface area contributed by atoms with E-state index in [0.29, 0.717) is 44.4 Å². The molecule has 5 aromatic rings. The molecule has 0 aliphatic rings. The summed E-state index contributed by atoms with van der Waals surface area (Å²) in [6, 6.07) is 17.3. The van der Waals surface area contributed by atoms with Crippen molar-refractivity contribution in [2.24, 2.45) is 10.2 Å². The topological polar surface area (TPSA) is 175 Å². The lowest BCUT2D eigenvalue weighted by Gasteiger charge is -2.22. The predicted molar refractivity (Wildman–Crippen MR) is 147 cm³/mol. The molecule has 3 aromatic carbocycles. The molecule has 0 radical (unpaired) electrons. The second-order valence-corrected chi connectivity index (χ2v) is 10.2. The van der Waals surface area contributed by atoms with E-state index in [0.717, 1.165) is 0 Å². The summed E-state index contributed by atoms with van der Waals surface area (Å²) >= 11 is -1.24. The molecular weight excluding hydrogens is 532 g/mol. The lowest BCUT2D eigenvalue weighted by Crippen LogP contribution is -2.08. The Labute approximate surface area is 231 Å². The van der Waals surface area contributed by atoms with Crippen LogP contribution in [-0.2, 0) is 11.2 Å². The zero-order chi connectivity index (χ0) is 28.2. The zero-order valence-electron chi connectivity index (χ0n) is 21.7. The maximum absolute atomic E-state index is 12.3. The quantitative estimate of drug-likeness (QED) is 0.165. The molecule has 2 aromatic heterocycles. The van der Waals surface area contributed by atoms with Crippen LogP contribution in [0, 0.1) is 13.8 Å². The van der Waals surface area contributed by atoms with Crippen LogP contribution in [-0.4, -0.2) is 74.1 Å². The van der Waals surface area contributed by atoms with Gasteiger partial charge in [-0.3, -0.25) is 0 Å². The number of hydrogen-bond donors (Lipinski definition) is 2. The number of rotatable bonds is 8. The molecule has 0 aliphatic heterocycles. The van der Waals surface area contributed by atoms with Crippen molar-refractivity contribution in [3.05, 3.63) is 100 Å². The average Bonchev–Trinajstić information content (AvgIpc) is 3.56. The molecule has 5 rings (SSSR count). The highest BCUT2D eigenvalue weighted by atomic mass is 32.2. The Balaban J connectivity index is 1.63. The van der Waals surface area contributed by atoms with E-state index in [-0.39, 0.29) is 11.5 Å². The minimum absolute atomic E-state index is 0.00608. The van der Waals surface area contributed by atoms with Gasteiger partial charge in [0.05, 0.1) is 12.4 Å². The largest absolute Gasteiger partial charge is 0.612 e. The number of phenols is 2. The Hall–Kier alpha value is -4.95. The van der Waals surface area contributed by atoms with Gasteiger partial charge in [-0.05, 0) is 111 Å². The minimum Gasteiger partial charge on any atom is -0.612 e. The Morgan fingerprint density at radius 3 is 1.77 bits per heavy atom. The summed E-state index contributed by atoms with van der Waals surface area (Å²) in [5.41, 5.74) is 3.03. The fourth-order valence-corrected chi connectivity index (χ4v) is 4.65. The maximum atomic E-state index is 12.3. The van der Waals surface area contributed by atoms with Gasteiger partial charge in [0.1, 0.15) is 17.8 Å². The Morgan fingerprint density at radius 1 is 0.800 bits per heavy atom. The average molecular weight is 557 g/mol. The standard InChI is InChI=1S/C26H24N10O3S/c1-16-29-31-33-35(16)27-14-18-7-9-24(37)22(11-18)26(20-5-4-6-21(13-20)40(3)39)23-12-19(8-10-25(23)38)15-28-36-17(2)30-32-34-36/h4-15,26,37-38H,1-3H3. The fourth-order valence-electron chi connectivity index (χ4n) is 4.08. The van der Waals surface area contributed by atoms with E-state index in [1.807, 2.05) is 6.07 Å². The van der Waals surface area contributed by atoms with Crippen LogP contribution in [0.4, 0.5) is 0 Å². The molecule has 0 aliphatic carbocycles. The van der Waals surface area contributed by atoms with Crippen molar-refractivity contribution >= 4 is 23.6 Å². The number of aromatic nitrogens is 8. The van der Waals surface area contributed by atoms with Crippen molar-refractivity contribution in [3.8, 4) is 11.5 Å². The lowest BCUT2D eigenvalue weighted by atomic mass is 9.83. The molecule has 0 bridgehead atoms. The second kappa shape index (κ2) is 11.4. The van der Waals surface area contributed by atoms with E-state index < -0.39 is 17.1 Å².